The fourth-order valence-corrected chi connectivity index (χ4v) is 2.18. The minimum absolute atomic E-state index is 0.144. The zero-order valence-corrected chi connectivity index (χ0v) is 11.7. The van der Waals surface area contributed by atoms with Gasteiger partial charge in [-0.3, -0.25) is 0 Å². The summed E-state index contributed by atoms with van der Waals surface area (Å²) in [6.07, 6.45) is 8.48. The molecule has 2 N–H and O–H groups in total. The van der Waals surface area contributed by atoms with Crippen LogP contribution in [0.5, 0.6) is 0 Å². The summed E-state index contributed by atoms with van der Waals surface area (Å²) < 4.78 is 0. The zero-order chi connectivity index (χ0) is 12.8. The van der Waals surface area contributed by atoms with Crippen LogP contribution in [0.3, 0.4) is 0 Å². The second-order valence-corrected chi connectivity index (χ2v) is 5.44. The molecule has 0 saturated carbocycles. The predicted octanol–water partition coefficient (Wildman–Crippen LogP) is 4.15. The number of allylic oxidation sites excluding steroid dienone is 2. The molecule has 0 aromatic carbocycles. The third-order valence-corrected chi connectivity index (χ3v) is 3.62. The highest BCUT2D eigenvalue weighted by Gasteiger charge is 2.31. The maximum atomic E-state index is 6.42. The van der Waals surface area contributed by atoms with Gasteiger partial charge in [0.25, 0.3) is 0 Å². The van der Waals surface area contributed by atoms with Gasteiger partial charge in [-0.25, -0.2) is 0 Å². The van der Waals surface area contributed by atoms with Crippen LogP contribution >= 0.6 is 0 Å². The van der Waals surface area contributed by atoms with Crippen molar-refractivity contribution in [1.82, 2.24) is 0 Å². The van der Waals surface area contributed by atoms with Crippen molar-refractivity contribution >= 4 is 0 Å². The van der Waals surface area contributed by atoms with Crippen LogP contribution in [0.2, 0.25) is 0 Å². The molecule has 0 spiro atoms. The smallest absolute Gasteiger partial charge is 0.0192 e. The number of hydrogen-bond donors (Lipinski definition) is 1. The van der Waals surface area contributed by atoms with Crippen molar-refractivity contribution in [3.63, 3.8) is 0 Å². The van der Waals surface area contributed by atoms with Gasteiger partial charge in [-0.2, -0.15) is 0 Å². The van der Waals surface area contributed by atoms with E-state index in [2.05, 4.69) is 59.4 Å². The summed E-state index contributed by atoms with van der Waals surface area (Å²) in [4.78, 5) is 0. The highest BCUT2D eigenvalue weighted by Crippen LogP contribution is 2.31. The van der Waals surface area contributed by atoms with Gasteiger partial charge in [0, 0.05) is 5.54 Å². The molecule has 0 aromatic heterocycles. The van der Waals surface area contributed by atoms with Gasteiger partial charge < -0.3 is 5.73 Å². The van der Waals surface area contributed by atoms with Gasteiger partial charge >= 0.3 is 0 Å². The van der Waals surface area contributed by atoms with E-state index < -0.39 is 0 Å². The lowest BCUT2D eigenvalue weighted by Crippen LogP contribution is -2.46. The maximum absolute atomic E-state index is 6.42. The molecule has 3 atom stereocenters. The lowest BCUT2D eigenvalue weighted by molar-refractivity contribution is 0.214. The van der Waals surface area contributed by atoms with E-state index in [1.807, 2.05) is 0 Å². The van der Waals surface area contributed by atoms with E-state index in [0.717, 1.165) is 12.8 Å². The van der Waals surface area contributed by atoms with E-state index in [1.54, 1.807) is 0 Å². The molecule has 0 bridgehead atoms. The number of rotatable bonds is 7. The minimum Gasteiger partial charge on any atom is -0.325 e. The fraction of sp³-hybridized carbons (Fsp3) is 0.733. The first-order valence-corrected chi connectivity index (χ1v) is 6.43. The van der Waals surface area contributed by atoms with Gasteiger partial charge in [-0.15, -0.1) is 6.58 Å². The van der Waals surface area contributed by atoms with Crippen LogP contribution in [-0.4, -0.2) is 5.54 Å². The van der Waals surface area contributed by atoms with Crippen molar-refractivity contribution in [2.45, 2.75) is 53.0 Å². The second-order valence-electron chi connectivity index (χ2n) is 5.44. The monoisotopic (exact) mass is 223 g/mol. The Morgan fingerprint density at radius 2 is 1.81 bits per heavy atom. The van der Waals surface area contributed by atoms with Crippen molar-refractivity contribution in [3.05, 3.63) is 24.8 Å². The molecule has 16 heavy (non-hydrogen) atoms. The molecular formula is C15H29N. The average molecular weight is 223 g/mol. The van der Waals surface area contributed by atoms with E-state index in [1.165, 1.54) is 0 Å². The number of hydrogen-bond acceptors (Lipinski definition) is 1. The summed E-state index contributed by atoms with van der Waals surface area (Å²) in [7, 11) is 0. The molecule has 0 heterocycles. The Kier molecular flexibility index (Phi) is 6.66. The molecule has 1 heteroatoms. The van der Waals surface area contributed by atoms with E-state index in [9.17, 15) is 0 Å². The lowest BCUT2D eigenvalue weighted by atomic mass is 9.72. The largest absolute Gasteiger partial charge is 0.325 e. The van der Waals surface area contributed by atoms with Gasteiger partial charge in [0.1, 0.15) is 0 Å². The van der Waals surface area contributed by atoms with Crippen LogP contribution in [0.4, 0.5) is 0 Å². The summed E-state index contributed by atoms with van der Waals surface area (Å²) in [5.74, 6) is 1.54. The molecule has 0 aliphatic rings. The Morgan fingerprint density at radius 3 is 2.19 bits per heavy atom. The van der Waals surface area contributed by atoms with Crippen LogP contribution in [0.25, 0.3) is 0 Å². The number of nitrogens with two attached hydrogens (primary N) is 1. The van der Waals surface area contributed by atoms with Crippen molar-refractivity contribution < 1.29 is 0 Å². The van der Waals surface area contributed by atoms with Crippen LogP contribution in [0.15, 0.2) is 24.8 Å². The van der Waals surface area contributed by atoms with E-state index in [-0.39, 0.29) is 5.54 Å². The first-order chi connectivity index (χ1) is 7.36. The highest BCUT2D eigenvalue weighted by molar-refractivity contribution is 5.00. The van der Waals surface area contributed by atoms with Crippen molar-refractivity contribution in [3.8, 4) is 0 Å². The van der Waals surface area contributed by atoms with Crippen LogP contribution < -0.4 is 5.73 Å². The molecule has 0 rings (SSSR count). The first-order valence-electron chi connectivity index (χ1n) is 6.43. The van der Waals surface area contributed by atoms with E-state index in [0.29, 0.717) is 17.8 Å². The summed E-state index contributed by atoms with van der Waals surface area (Å²) in [6.45, 7) is 15.0. The Bertz CT molecular complexity index is 226. The Balaban J connectivity index is 4.59. The summed E-state index contributed by atoms with van der Waals surface area (Å²) >= 11 is 0. The molecule has 3 unspecified atom stereocenters. The maximum Gasteiger partial charge on any atom is 0.0192 e. The molecule has 0 amide bonds. The van der Waals surface area contributed by atoms with Crippen LogP contribution in [0.1, 0.15) is 47.5 Å². The van der Waals surface area contributed by atoms with Gasteiger partial charge in [0.2, 0.25) is 0 Å². The molecule has 0 saturated heterocycles. The normalized spacial score (nSPS) is 19.7. The van der Waals surface area contributed by atoms with Crippen molar-refractivity contribution in [2.24, 2.45) is 23.5 Å². The molecule has 0 aliphatic carbocycles. The topological polar surface area (TPSA) is 26.0 Å². The Hall–Kier alpha value is -0.560. The average Bonchev–Trinajstić information content (AvgIpc) is 2.18. The van der Waals surface area contributed by atoms with Gasteiger partial charge in [0.05, 0.1) is 0 Å². The molecule has 1 nitrogen and oxygen atoms in total. The van der Waals surface area contributed by atoms with Crippen LogP contribution in [0, 0.1) is 17.8 Å². The Morgan fingerprint density at radius 1 is 1.25 bits per heavy atom. The van der Waals surface area contributed by atoms with Gasteiger partial charge in [-0.05, 0) is 37.5 Å². The fourth-order valence-electron chi connectivity index (χ4n) is 2.18. The standard InChI is InChI=1S/C15H29N/c1-7-9-10-11-15(6,16)13(5)14(8-2)12(3)4/h8-10,12-14H,2,7,11,16H2,1,3-6H3/b10-9+. The van der Waals surface area contributed by atoms with E-state index in [4.69, 9.17) is 5.73 Å². The van der Waals surface area contributed by atoms with Crippen LogP contribution in [-0.2, 0) is 0 Å². The van der Waals surface area contributed by atoms with E-state index >= 15 is 0 Å². The van der Waals surface area contributed by atoms with Crippen molar-refractivity contribution in [2.75, 3.05) is 0 Å². The molecule has 0 radical (unpaired) electrons. The second kappa shape index (κ2) is 6.90. The van der Waals surface area contributed by atoms with Gasteiger partial charge in [-0.1, -0.05) is 45.9 Å². The molecule has 0 aliphatic heterocycles. The molecular weight excluding hydrogens is 194 g/mol. The SMILES string of the molecule is C=CC(C(C)C)C(C)C(C)(N)C/C=C/CC. The molecule has 94 valence electrons. The Labute approximate surface area is 102 Å². The quantitative estimate of drug-likeness (QED) is 0.645. The predicted molar refractivity (Wildman–Crippen MR) is 74.3 cm³/mol. The summed E-state index contributed by atoms with van der Waals surface area (Å²) in [6, 6.07) is 0. The minimum atomic E-state index is -0.144. The van der Waals surface area contributed by atoms with Crippen molar-refractivity contribution in [1.29, 1.82) is 0 Å². The lowest BCUT2D eigenvalue weighted by Gasteiger charge is -2.37. The molecule has 0 fully saturated rings. The third kappa shape index (κ3) is 4.52. The first kappa shape index (κ1) is 15.4. The summed E-state index contributed by atoms with van der Waals surface area (Å²) in [5.41, 5.74) is 6.27. The van der Waals surface area contributed by atoms with Gasteiger partial charge in [0.15, 0.2) is 0 Å². The molecule has 0 aromatic rings. The highest BCUT2D eigenvalue weighted by atomic mass is 14.7. The zero-order valence-electron chi connectivity index (χ0n) is 11.7. The summed E-state index contributed by atoms with van der Waals surface area (Å²) in [5, 5.41) is 0. The third-order valence-electron chi connectivity index (χ3n) is 3.62.